The summed E-state index contributed by atoms with van der Waals surface area (Å²) in [6, 6.07) is 12.4. The van der Waals surface area contributed by atoms with Gasteiger partial charge in [0, 0.05) is 5.39 Å². The molecule has 0 aliphatic heterocycles. The summed E-state index contributed by atoms with van der Waals surface area (Å²) in [4.78, 5) is 8.90. The highest BCUT2D eigenvalue weighted by Gasteiger charge is 2.20. The molecule has 0 bridgehead atoms. The number of hydrogen-bond acceptors (Lipinski definition) is 2. The van der Waals surface area contributed by atoms with Gasteiger partial charge in [-0.15, -0.1) is 0 Å². The molecule has 1 aliphatic carbocycles. The van der Waals surface area contributed by atoms with Crippen LogP contribution in [-0.4, -0.2) is 16.9 Å². The van der Waals surface area contributed by atoms with Gasteiger partial charge in [0.05, 0.1) is 11.6 Å². The number of para-hydroxylation sites is 1. The molecule has 0 amide bonds. The van der Waals surface area contributed by atoms with E-state index in [1.54, 1.807) is 0 Å². The zero-order valence-corrected chi connectivity index (χ0v) is 8.93. The number of nitrogens with zero attached hydrogens (tertiary/aromatic N) is 2. The third-order valence-electron chi connectivity index (χ3n) is 2.73. The number of hydrogen-bond donors (Lipinski definition) is 1. The van der Waals surface area contributed by atoms with Crippen molar-refractivity contribution < 1.29 is 0 Å². The fourth-order valence-corrected chi connectivity index (χ4v) is 1.68. The second kappa shape index (κ2) is 3.59. The van der Waals surface area contributed by atoms with Crippen LogP contribution in [0.2, 0.25) is 0 Å². The Kier molecular flexibility index (Phi) is 2.10. The average Bonchev–Trinajstić information content (AvgIpc) is 3.12. The van der Waals surface area contributed by atoms with Crippen LogP contribution in [0.1, 0.15) is 18.5 Å². The first-order chi connectivity index (χ1) is 7.83. The van der Waals surface area contributed by atoms with E-state index in [0.717, 1.165) is 29.4 Å². The molecule has 1 aromatic carbocycles. The normalized spacial score (nSPS) is 16.6. The van der Waals surface area contributed by atoms with E-state index >= 15 is 0 Å². The van der Waals surface area contributed by atoms with Crippen molar-refractivity contribution in [2.75, 3.05) is 0 Å². The Labute approximate surface area is 94.0 Å². The topological polar surface area (TPSA) is 51.3 Å². The lowest BCUT2D eigenvalue weighted by molar-refractivity contribution is 1.06. The lowest BCUT2D eigenvalue weighted by atomic mass is 10.2. The number of benzene rings is 1. The van der Waals surface area contributed by atoms with Crippen molar-refractivity contribution in [3.05, 3.63) is 42.1 Å². The van der Waals surface area contributed by atoms with Crippen LogP contribution in [0.25, 0.3) is 10.9 Å². The van der Waals surface area contributed by atoms with Crippen molar-refractivity contribution in [2.45, 2.75) is 18.9 Å². The highest BCUT2D eigenvalue weighted by atomic mass is 14.9. The molecule has 80 valence electrons. The van der Waals surface area contributed by atoms with Gasteiger partial charge in [-0.1, -0.05) is 24.3 Å². The average molecular weight is 211 g/mol. The number of aliphatic imine (C=N–C) groups is 1. The summed E-state index contributed by atoms with van der Waals surface area (Å²) < 4.78 is 0. The molecule has 3 rings (SSSR count). The lowest BCUT2D eigenvalue weighted by Gasteiger charge is -2.02. The van der Waals surface area contributed by atoms with Crippen LogP contribution in [-0.2, 0) is 0 Å². The molecule has 2 N–H and O–H groups in total. The van der Waals surface area contributed by atoms with E-state index in [9.17, 15) is 0 Å². The fraction of sp³-hybridized carbons (Fsp3) is 0.231. The highest BCUT2D eigenvalue weighted by molar-refractivity contribution is 5.97. The molecular weight excluding hydrogens is 198 g/mol. The summed E-state index contributed by atoms with van der Waals surface area (Å²) in [6.07, 6.45) is 2.32. The Bertz CT molecular complexity index is 556. The summed E-state index contributed by atoms with van der Waals surface area (Å²) in [5.41, 5.74) is 7.66. The molecule has 0 spiro atoms. The molecule has 1 aromatic heterocycles. The Balaban J connectivity index is 2.03. The molecule has 0 saturated heterocycles. The number of aromatic nitrogens is 1. The Morgan fingerprint density at radius 3 is 2.81 bits per heavy atom. The summed E-state index contributed by atoms with van der Waals surface area (Å²) in [5, 5.41) is 1.13. The molecule has 1 saturated carbocycles. The minimum atomic E-state index is 0.438. The Morgan fingerprint density at radius 2 is 2.00 bits per heavy atom. The van der Waals surface area contributed by atoms with Crippen molar-refractivity contribution in [1.82, 2.24) is 4.98 Å². The maximum absolute atomic E-state index is 5.91. The van der Waals surface area contributed by atoms with Gasteiger partial charge in [-0.3, -0.25) is 4.99 Å². The van der Waals surface area contributed by atoms with Gasteiger partial charge in [0.2, 0.25) is 0 Å². The molecule has 3 heteroatoms. The van der Waals surface area contributed by atoms with E-state index in [1.807, 2.05) is 36.4 Å². The molecule has 0 atom stereocenters. The maximum atomic E-state index is 5.91. The SMILES string of the molecule is NC(=NC1CC1)c1ccc2ccccc2n1. The summed E-state index contributed by atoms with van der Waals surface area (Å²) in [7, 11) is 0. The minimum absolute atomic E-state index is 0.438. The van der Waals surface area contributed by atoms with E-state index in [1.165, 1.54) is 0 Å². The molecule has 0 radical (unpaired) electrons. The maximum Gasteiger partial charge on any atom is 0.144 e. The molecule has 0 unspecified atom stereocenters. The number of pyridine rings is 1. The predicted molar refractivity (Wildman–Crippen MR) is 65.5 cm³/mol. The Hall–Kier alpha value is -1.90. The zero-order chi connectivity index (χ0) is 11.0. The molecule has 3 nitrogen and oxygen atoms in total. The smallest absolute Gasteiger partial charge is 0.144 e. The minimum Gasteiger partial charge on any atom is -0.382 e. The molecule has 1 fully saturated rings. The van der Waals surface area contributed by atoms with Crippen LogP contribution in [0.5, 0.6) is 0 Å². The van der Waals surface area contributed by atoms with Crippen LogP contribution in [0.15, 0.2) is 41.4 Å². The van der Waals surface area contributed by atoms with E-state index in [2.05, 4.69) is 9.98 Å². The third kappa shape index (κ3) is 1.76. The van der Waals surface area contributed by atoms with Gasteiger partial charge in [-0.25, -0.2) is 4.98 Å². The van der Waals surface area contributed by atoms with Crippen molar-refractivity contribution in [3.8, 4) is 0 Å². The first-order valence-electron chi connectivity index (χ1n) is 5.52. The van der Waals surface area contributed by atoms with E-state index in [-0.39, 0.29) is 0 Å². The number of rotatable bonds is 2. The second-order valence-corrected chi connectivity index (χ2v) is 4.13. The quantitative estimate of drug-likeness (QED) is 0.611. The summed E-state index contributed by atoms with van der Waals surface area (Å²) in [5.74, 6) is 0.563. The molecule has 2 aromatic rings. The van der Waals surface area contributed by atoms with Crippen LogP contribution in [0.4, 0.5) is 0 Å². The van der Waals surface area contributed by atoms with Gasteiger partial charge in [0.25, 0.3) is 0 Å². The number of nitrogens with two attached hydrogens (primary N) is 1. The van der Waals surface area contributed by atoms with Crippen LogP contribution in [0.3, 0.4) is 0 Å². The van der Waals surface area contributed by atoms with Gasteiger partial charge >= 0.3 is 0 Å². The van der Waals surface area contributed by atoms with E-state index in [4.69, 9.17) is 5.73 Å². The van der Waals surface area contributed by atoms with Crippen LogP contribution < -0.4 is 5.73 Å². The molecule has 1 aliphatic rings. The largest absolute Gasteiger partial charge is 0.382 e. The van der Waals surface area contributed by atoms with Gasteiger partial charge in [0.15, 0.2) is 0 Å². The lowest BCUT2D eigenvalue weighted by Crippen LogP contribution is -2.15. The van der Waals surface area contributed by atoms with Crippen molar-refractivity contribution in [3.63, 3.8) is 0 Å². The van der Waals surface area contributed by atoms with Crippen LogP contribution >= 0.6 is 0 Å². The molecule has 1 heterocycles. The standard InChI is InChI=1S/C13H13N3/c14-13(15-10-6-7-10)12-8-5-9-3-1-2-4-11(9)16-12/h1-5,8,10H,6-7H2,(H2,14,15). The van der Waals surface area contributed by atoms with Gasteiger partial charge in [-0.2, -0.15) is 0 Å². The number of fused-ring (bicyclic) bond motifs is 1. The van der Waals surface area contributed by atoms with Crippen LogP contribution in [0, 0.1) is 0 Å². The van der Waals surface area contributed by atoms with E-state index < -0.39 is 0 Å². The van der Waals surface area contributed by atoms with E-state index in [0.29, 0.717) is 11.9 Å². The first-order valence-corrected chi connectivity index (χ1v) is 5.52. The zero-order valence-electron chi connectivity index (χ0n) is 8.93. The second-order valence-electron chi connectivity index (χ2n) is 4.13. The predicted octanol–water partition coefficient (Wildman–Crippen LogP) is 2.10. The van der Waals surface area contributed by atoms with Crippen molar-refractivity contribution >= 4 is 16.7 Å². The molecule has 16 heavy (non-hydrogen) atoms. The first kappa shape index (κ1) is 9.33. The van der Waals surface area contributed by atoms with Crippen molar-refractivity contribution in [1.29, 1.82) is 0 Å². The van der Waals surface area contributed by atoms with Crippen molar-refractivity contribution in [2.24, 2.45) is 10.7 Å². The molecular formula is C13H13N3. The highest BCUT2D eigenvalue weighted by Crippen LogP contribution is 2.23. The third-order valence-corrected chi connectivity index (χ3v) is 2.73. The Morgan fingerprint density at radius 1 is 1.19 bits per heavy atom. The van der Waals surface area contributed by atoms with Gasteiger partial charge in [-0.05, 0) is 25.0 Å². The monoisotopic (exact) mass is 211 g/mol. The summed E-state index contributed by atoms with van der Waals surface area (Å²) >= 11 is 0. The van der Waals surface area contributed by atoms with Gasteiger partial charge < -0.3 is 5.73 Å². The van der Waals surface area contributed by atoms with Gasteiger partial charge in [0.1, 0.15) is 11.5 Å². The summed E-state index contributed by atoms with van der Waals surface area (Å²) in [6.45, 7) is 0. The fourth-order valence-electron chi connectivity index (χ4n) is 1.68. The number of amidine groups is 1.